The molecule has 94 valence electrons. The lowest BCUT2D eigenvalue weighted by Gasteiger charge is -2.13. The maximum atomic E-state index is 13.6. The summed E-state index contributed by atoms with van der Waals surface area (Å²) in [6, 6.07) is 11.8. The summed E-state index contributed by atoms with van der Waals surface area (Å²) < 4.78 is 19.1. The molecule has 2 aromatic rings. The van der Waals surface area contributed by atoms with Crippen molar-refractivity contribution in [2.45, 2.75) is 20.0 Å². The van der Waals surface area contributed by atoms with Crippen LogP contribution in [-0.4, -0.2) is 5.11 Å². The third-order valence-electron chi connectivity index (χ3n) is 2.68. The summed E-state index contributed by atoms with van der Waals surface area (Å²) in [5, 5.41) is 9.63. The molecule has 0 saturated carbocycles. The standard InChI is InChI=1S/C15H15FO2/c1-10-7-8-13(16)15(9-10)18-14-6-4-3-5-12(14)11(2)17/h3-9,11,17H,1-2H3. The van der Waals surface area contributed by atoms with E-state index in [1.54, 1.807) is 37.3 Å². The van der Waals surface area contributed by atoms with Crippen LogP contribution in [0.25, 0.3) is 0 Å². The van der Waals surface area contributed by atoms with Crippen molar-refractivity contribution < 1.29 is 14.2 Å². The average Bonchev–Trinajstić information content (AvgIpc) is 2.34. The topological polar surface area (TPSA) is 29.5 Å². The van der Waals surface area contributed by atoms with Gasteiger partial charge in [0.05, 0.1) is 6.10 Å². The van der Waals surface area contributed by atoms with Crippen molar-refractivity contribution in [3.63, 3.8) is 0 Å². The largest absolute Gasteiger partial charge is 0.454 e. The highest BCUT2D eigenvalue weighted by molar-refractivity contribution is 5.40. The predicted octanol–water partition coefficient (Wildman–Crippen LogP) is 3.98. The third kappa shape index (κ3) is 2.68. The number of benzene rings is 2. The average molecular weight is 246 g/mol. The van der Waals surface area contributed by atoms with E-state index in [2.05, 4.69) is 0 Å². The van der Waals surface area contributed by atoms with Gasteiger partial charge in [-0.1, -0.05) is 24.3 Å². The molecule has 3 heteroatoms. The van der Waals surface area contributed by atoms with Gasteiger partial charge in [-0.05, 0) is 37.6 Å². The first-order valence-corrected chi connectivity index (χ1v) is 5.79. The fourth-order valence-corrected chi connectivity index (χ4v) is 1.73. The molecule has 1 atom stereocenters. The molecule has 0 saturated heterocycles. The Hall–Kier alpha value is -1.87. The Kier molecular flexibility index (Phi) is 3.63. The molecular weight excluding hydrogens is 231 g/mol. The van der Waals surface area contributed by atoms with Gasteiger partial charge in [0.1, 0.15) is 5.75 Å². The Labute approximate surface area is 106 Å². The molecule has 0 aliphatic carbocycles. The molecule has 0 amide bonds. The van der Waals surface area contributed by atoms with Crippen molar-refractivity contribution in [2.24, 2.45) is 0 Å². The van der Waals surface area contributed by atoms with Gasteiger partial charge >= 0.3 is 0 Å². The minimum absolute atomic E-state index is 0.170. The SMILES string of the molecule is Cc1ccc(F)c(Oc2ccccc2C(C)O)c1. The van der Waals surface area contributed by atoms with Gasteiger partial charge in [-0.3, -0.25) is 0 Å². The van der Waals surface area contributed by atoms with Gasteiger partial charge in [-0.2, -0.15) is 0 Å². The lowest BCUT2D eigenvalue weighted by Crippen LogP contribution is -1.97. The quantitative estimate of drug-likeness (QED) is 0.887. The number of rotatable bonds is 3. The zero-order valence-electron chi connectivity index (χ0n) is 10.4. The molecular formula is C15H15FO2. The number of aryl methyl sites for hydroxylation is 1. The fourth-order valence-electron chi connectivity index (χ4n) is 1.73. The maximum absolute atomic E-state index is 13.6. The van der Waals surface area contributed by atoms with Crippen LogP contribution >= 0.6 is 0 Å². The first-order chi connectivity index (χ1) is 8.58. The fraction of sp³-hybridized carbons (Fsp3) is 0.200. The third-order valence-corrected chi connectivity index (χ3v) is 2.68. The highest BCUT2D eigenvalue weighted by Crippen LogP contribution is 2.31. The Bertz CT molecular complexity index is 550. The molecule has 0 bridgehead atoms. The van der Waals surface area contributed by atoms with Crippen molar-refractivity contribution >= 4 is 0 Å². The number of aliphatic hydroxyl groups excluding tert-OH is 1. The van der Waals surface area contributed by atoms with E-state index in [0.29, 0.717) is 11.3 Å². The van der Waals surface area contributed by atoms with Gasteiger partial charge in [0.15, 0.2) is 11.6 Å². The molecule has 0 heterocycles. The van der Waals surface area contributed by atoms with Crippen LogP contribution in [0.5, 0.6) is 11.5 Å². The molecule has 0 fully saturated rings. The maximum Gasteiger partial charge on any atom is 0.165 e. The molecule has 0 radical (unpaired) electrons. The van der Waals surface area contributed by atoms with E-state index >= 15 is 0 Å². The molecule has 0 spiro atoms. The second-order valence-electron chi connectivity index (χ2n) is 4.25. The molecule has 0 aliphatic rings. The van der Waals surface area contributed by atoms with E-state index in [-0.39, 0.29) is 5.75 Å². The van der Waals surface area contributed by atoms with Crippen LogP contribution in [0.15, 0.2) is 42.5 Å². The van der Waals surface area contributed by atoms with Crippen LogP contribution in [0.1, 0.15) is 24.2 Å². The highest BCUT2D eigenvalue weighted by atomic mass is 19.1. The van der Waals surface area contributed by atoms with Gasteiger partial charge in [0.2, 0.25) is 0 Å². The molecule has 18 heavy (non-hydrogen) atoms. The van der Waals surface area contributed by atoms with Crippen molar-refractivity contribution in [2.75, 3.05) is 0 Å². The number of para-hydroxylation sites is 1. The Morgan fingerprint density at radius 2 is 1.83 bits per heavy atom. The zero-order chi connectivity index (χ0) is 13.1. The van der Waals surface area contributed by atoms with Crippen molar-refractivity contribution in [3.05, 3.63) is 59.4 Å². The van der Waals surface area contributed by atoms with Crippen LogP contribution in [0.3, 0.4) is 0 Å². The normalized spacial score (nSPS) is 12.2. The minimum atomic E-state index is -0.658. The Morgan fingerprint density at radius 3 is 2.56 bits per heavy atom. The van der Waals surface area contributed by atoms with Gasteiger partial charge in [0.25, 0.3) is 0 Å². The van der Waals surface area contributed by atoms with Crippen LogP contribution in [-0.2, 0) is 0 Å². The highest BCUT2D eigenvalue weighted by Gasteiger charge is 2.11. The molecule has 0 aromatic heterocycles. The molecule has 0 aliphatic heterocycles. The number of aliphatic hydroxyl groups is 1. The zero-order valence-corrected chi connectivity index (χ0v) is 10.4. The molecule has 2 rings (SSSR count). The molecule has 1 N–H and O–H groups in total. The van der Waals surface area contributed by atoms with Crippen LogP contribution in [0.4, 0.5) is 4.39 Å². The van der Waals surface area contributed by atoms with Crippen LogP contribution < -0.4 is 4.74 Å². The monoisotopic (exact) mass is 246 g/mol. The molecule has 2 aromatic carbocycles. The van der Waals surface area contributed by atoms with Gasteiger partial charge in [-0.15, -0.1) is 0 Å². The van der Waals surface area contributed by atoms with Crippen molar-refractivity contribution in [1.82, 2.24) is 0 Å². The Morgan fingerprint density at radius 1 is 1.11 bits per heavy atom. The van der Waals surface area contributed by atoms with E-state index in [1.165, 1.54) is 6.07 Å². The van der Waals surface area contributed by atoms with E-state index in [0.717, 1.165) is 5.56 Å². The second kappa shape index (κ2) is 5.19. The van der Waals surface area contributed by atoms with Gasteiger partial charge in [0, 0.05) is 5.56 Å². The van der Waals surface area contributed by atoms with Crippen molar-refractivity contribution in [3.8, 4) is 11.5 Å². The number of ether oxygens (including phenoxy) is 1. The molecule has 1 unspecified atom stereocenters. The summed E-state index contributed by atoms with van der Waals surface area (Å²) in [5.74, 6) is 0.223. The second-order valence-corrected chi connectivity index (χ2v) is 4.25. The van der Waals surface area contributed by atoms with Gasteiger partial charge < -0.3 is 9.84 Å². The van der Waals surface area contributed by atoms with Crippen molar-refractivity contribution in [1.29, 1.82) is 0 Å². The smallest absolute Gasteiger partial charge is 0.165 e. The number of hydrogen-bond donors (Lipinski definition) is 1. The van der Waals surface area contributed by atoms with E-state index in [9.17, 15) is 9.50 Å². The summed E-state index contributed by atoms with van der Waals surface area (Å²) in [7, 11) is 0. The van der Waals surface area contributed by atoms with Gasteiger partial charge in [-0.25, -0.2) is 4.39 Å². The Balaban J connectivity index is 2.37. The van der Waals surface area contributed by atoms with E-state index < -0.39 is 11.9 Å². The van der Waals surface area contributed by atoms with Crippen LogP contribution in [0.2, 0.25) is 0 Å². The van der Waals surface area contributed by atoms with E-state index in [1.807, 2.05) is 13.0 Å². The first kappa shape index (κ1) is 12.6. The minimum Gasteiger partial charge on any atom is -0.454 e. The van der Waals surface area contributed by atoms with E-state index in [4.69, 9.17) is 4.74 Å². The number of hydrogen-bond acceptors (Lipinski definition) is 2. The predicted molar refractivity (Wildman–Crippen MR) is 68.3 cm³/mol. The lowest BCUT2D eigenvalue weighted by atomic mass is 10.1. The number of halogens is 1. The first-order valence-electron chi connectivity index (χ1n) is 5.79. The summed E-state index contributed by atoms with van der Waals surface area (Å²) in [6.07, 6.45) is -0.658. The lowest BCUT2D eigenvalue weighted by molar-refractivity contribution is 0.195. The van der Waals surface area contributed by atoms with Crippen LogP contribution in [0, 0.1) is 12.7 Å². The summed E-state index contributed by atoms with van der Waals surface area (Å²) in [6.45, 7) is 3.52. The molecule has 2 nitrogen and oxygen atoms in total. The summed E-state index contributed by atoms with van der Waals surface area (Å²) in [4.78, 5) is 0. The summed E-state index contributed by atoms with van der Waals surface area (Å²) >= 11 is 0. The summed E-state index contributed by atoms with van der Waals surface area (Å²) in [5.41, 5.74) is 1.55.